The Kier molecular flexibility index (Phi) is 6.61. The molecule has 0 aromatic carbocycles. The van der Waals surface area contributed by atoms with Crippen LogP contribution in [0.25, 0.3) is 0 Å². The molecule has 7 heteroatoms. The van der Waals surface area contributed by atoms with Crippen LogP contribution in [0, 0.1) is 0 Å². The zero-order valence-electron chi connectivity index (χ0n) is 11.5. The number of aromatic nitrogens is 1. The molecule has 1 aromatic rings. The first-order valence-electron chi connectivity index (χ1n) is 6.23. The zero-order valence-corrected chi connectivity index (χ0v) is 11.5. The number of carbonyl (C=O) groups is 2. The van der Waals surface area contributed by atoms with Gasteiger partial charge in [-0.25, -0.2) is 4.79 Å². The number of methoxy groups -OCH3 is 1. The molecule has 1 atom stereocenters. The van der Waals surface area contributed by atoms with Crippen molar-refractivity contribution in [1.29, 1.82) is 0 Å². The normalized spacial score (nSPS) is 11.9. The lowest BCUT2D eigenvalue weighted by atomic mass is 10.2. The molecule has 1 aromatic heterocycles. The molecule has 0 bridgehead atoms. The lowest BCUT2D eigenvalue weighted by Gasteiger charge is -2.13. The Bertz CT molecular complexity index is 447. The third-order valence-corrected chi connectivity index (χ3v) is 2.66. The first kappa shape index (κ1) is 16.1. The predicted molar refractivity (Wildman–Crippen MR) is 72.4 cm³/mol. The van der Waals surface area contributed by atoms with Gasteiger partial charge >= 0.3 is 5.97 Å². The molecule has 0 fully saturated rings. The van der Waals surface area contributed by atoms with E-state index in [9.17, 15) is 9.59 Å². The number of carbonyl (C=O) groups excluding carboxylic acids is 1. The van der Waals surface area contributed by atoms with Crippen molar-refractivity contribution in [2.45, 2.75) is 19.5 Å². The fourth-order valence-corrected chi connectivity index (χ4v) is 1.44. The fraction of sp³-hybridized carbons (Fsp3) is 0.462. The maximum Gasteiger partial charge on any atom is 0.337 e. The number of hydrogen-bond donors (Lipinski definition) is 3. The van der Waals surface area contributed by atoms with Gasteiger partial charge in [-0.1, -0.05) is 0 Å². The molecule has 0 radical (unpaired) electrons. The fourth-order valence-electron chi connectivity index (χ4n) is 1.44. The summed E-state index contributed by atoms with van der Waals surface area (Å²) in [6, 6.07) is 2.73. The average molecular weight is 281 g/mol. The van der Waals surface area contributed by atoms with E-state index in [0.29, 0.717) is 25.4 Å². The summed E-state index contributed by atoms with van der Waals surface area (Å²) in [5, 5.41) is 14.5. The molecule has 0 aliphatic rings. The van der Waals surface area contributed by atoms with Crippen LogP contribution >= 0.6 is 0 Å². The number of pyridine rings is 1. The molecular formula is C13H19N3O4. The van der Waals surface area contributed by atoms with Crippen LogP contribution in [0.2, 0.25) is 0 Å². The molecule has 7 nitrogen and oxygen atoms in total. The zero-order chi connectivity index (χ0) is 15.0. The van der Waals surface area contributed by atoms with Gasteiger partial charge in [-0.2, -0.15) is 0 Å². The smallest absolute Gasteiger partial charge is 0.337 e. The molecule has 1 unspecified atom stereocenters. The van der Waals surface area contributed by atoms with Crippen LogP contribution in [-0.4, -0.2) is 48.3 Å². The summed E-state index contributed by atoms with van der Waals surface area (Å²) in [5.74, 6) is -1.13. The van der Waals surface area contributed by atoms with Crippen LogP contribution in [-0.2, 0) is 16.1 Å². The highest BCUT2D eigenvalue weighted by Gasteiger charge is 2.11. The van der Waals surface area contributed by atoms with Crippen molar-refractivity contribution in [2.24, 2.45) is 0 Å². The summed E-state index contributed by atoms with van der Waals surface area (Å²) < 4.78 is 4.84. The molecule has 0 aliphatic heterocycles. The van der Waals surface area contributed by atoms with Crippen molar-refractivity contribution in [2.75, 3.05) is 20.3 Å². The van der Waals surface area contributed by atoms with E-state index in [1.165, 1.54) is 12.3 Å². The largest absolute Gasteiger partial charge is 0.478 e. The lowest BCUT2D eigenvalue weighted by Crippen LogP contribution is -2.42. The van der Waals surface area contributed by atoms with Crippen molar-refractivity contribution in [3.8, 4) is 0 Å². The number of hydrogen-bond acceptors (Lipinski definition) is 5. The van der Waals surface area contributed by atoms with Gasteiger partial charge in [0.25, 0.3) is 0 Å². The van der Waals surface area contributed by atoms with Crippen molar-refractivity contribution in [3.63, 3.8) is 0 Å². The number of carboxylic acids is 1. The molecule has 0 saturated carbocycles. The second kappa shape index (κ2) is 8.23. The highest BCUT2D eigenvalue weighted by Crippen LogP contribution is 2.00. The van der Waals surface area contributed by atoms with Crippen molar-refractivity contribution < 1.29 is 19.4 Å². The second-order valence-corrected chi connectivity index (χ2v) is 4.23. The van der Waals surface area contributed by atoms with Gasteiger partial charge in [0, 0.05) is 26.4 Å². The minimum Gasteiger partial charge on any atom is -0.478 e. The SMILES string of the molecule is COCCNC(=O)C(C)NCc1ccc(C(=O)O)cn1. The Hall–Kier alpha value is -1.99. The number of carboxylic acid groups (broad SMARTS) is 1. The summed E-state index contributed by atoms with van der Waals surface area (Å²) in [6.07, 6.45) is 1.29. The van der Waals surface area contributed by atoms with Gasteiger partial charge < -0.3 is 20.5 Å². The summed E-state index contributed by atoms with van der Waals surface area (Å²) in [5.41, 5.74) is 0.811. The maximum atomic E-state index is 11.7. The minimum absolute atomic E-state index is 0.121. The quantitative estimate of drug-likeness (QED) is 0.581. The highest BCUT2D eigenvalue weighted by atomic mass is 16.5. The third-order valence-electron chi connectivity index (χ3n) is 2.66. The number of rotatable bonds is 8. The number of aromatic carboxylic acids is 1. The number of amides is 1. The third kappa shape index (κ3) is 5.33. The Balaban J connectivity index is 2.38. The molecule has 0 saturated heterocycles. The topological polar surface area (TPSA) is 101 Å². The standard InChI is InChI=1S/C13H19N3O4/c1-9(12(17)14-5-6-20-2)15-8-11-4-3-10(7-16-11)13(18)19/h3-4,7,9,15H,5-6,8H2,1-2H3,(H,14,17)(H,18,19). The average Bonchev–Trinajstić information content (AvgIpc) is 2.45. The summed E-state index contributed by atoms with van der Waals surface area (Å²) in [6.45, 7) is 3.07. The Morgan fingerprint density at radius 2 is 2.20 bits per heavy atom. The van der Waals surface area contributed by atoms with Gasteiger partial charge in [-0.15, -0.1) is 0 Å². The van der Waals surface area contributed by atoms with Crippen LogP contribution in [0.1, 0.15) is 23.0 Å². The van der Waals surface area contributed by atoms with E-state index in [1.54, 1.807) is 20.1 Å². The van der Waals surface area contributed by atoms with E-state index < -0.39 is 5.97 Å². The van der Waals surface area contributed by atoms with Gasteiger partial charge in [0.05, 0.1) is 23.9 Å². The maximum absolute atomic E-state index is 11.7. The van der Waals surface area contributed by atoms with Gasteiger partial charge in [-0.3, -0.25) is 9.78 Å². The summed E-state index contributed by atoms with van der Waals surface area (Å²) in [7, 11) is 1.57. The lowest BCUT2D eigenvalue weighted by molar-refractivity contribution is -0.123. The van der Waals surface area contributed by atoms with E-state index in [0.717, 1.165) is 0 Å². The van der Waals surface area contributed by atoms with Crippen LogP contribution < -0.4 is 10.6 Å². The van der Waals surface area contributed by atoms with Gasteiger partial charge in [-0.05, 0) is 19.1 Å². The van der Waals surface area contributed by atoms with Gasteiger partial charge in [0.1, 0.15) is 0 Å². The molecule has 110 valence electrons. The van der Waals surface area contributed by atoms with Crippen LogP contribution in [0.3, 0.4) is 0 Å². The number of ether oxygens (including phenoxy) is 1. The van der Waals surface area contributed by atoms with Crippen LogP contribution in [0.4, 0.5) is 0 Å². The monoisotopic (exact) mass is 281 g/mol. The summed E-state index contributed by atoms with van der Waals surface area (Å²) >= 11 is 0. The summed E-state index contributed by atoms with van der Waals surface area (Å²) in [4.78, 5) is 26.3. The molecule has 1 heterocycles. The Labute approximate surface area is 117 Å². The first-order valence-corrected chi connectivity index (χ1v) is 6.23. The molecule has 1 rings (SSSR count). The molecule has 3 N–H and O–H groups in total. The molecular weight excluding hydrogens is 262 g/mol. The minimum atomic E-state index is -1.01. The van der Waals surface area contributed by atoms with Crippen molar-refractivity contribution in [3.05, 3.63) is 29.6 Å². The van der Waals surface area contributed by atoms with E-state index in [1.807, 2.05) is 0 Å². The van der Waals surface area contributed by atoms with Crippen molar-refractivity contribution in [1.82, 2.24) is 15.6 Å². The van der Waals surface area contributed by atoms with E-state index in [2.05, 4.69) is 15.6 Å². The Morgan fingerprint density at radius 3 is 2.75 bits per heavy atom. The first-order chi connectivity index (χ1) is 9.54. The van der Waals surface area contributed by atoms with Crippen molar-refractivity contribution >= 4 is 11.9 Å². The van der Waals surface area contributed by atoms with E-state index in [-0.39, 0.29) is 17.5 Å². The number of nitrogens with zero attached hydrogens (tertiary/aromatic N) is 1. The second-order valence-electron chi connectivity index (χ2n) is 4.23. The van der Waals surface area contributed by atoms with E-state index >= 15 is 0 Å². The highest BCUT2D eigenvalue weighted by molar-refractivity contribution is 5.87. The molecule has 0 aliphatic carbocycles. The van der Waals surface area contributed by atoms with E-state index in [4.69, 9.17) is 9.84 Å². The van der Waals surface area contributed by atoms with Crippen LogP contribution in [0.5, 0.6) is 0 Å². The molecule has 20 heavy (non-hydrogen) atoms. The van der Waals surface area contributed by atoms with Gasteiger partial charge in [0.15, 0.2) is 0 Å². The predicted octanol–water partition coefficient (Wildman–Crippen LogP) is 0.0205. The molecule has 1 amide bonds. The molecule has 0 spiro atoms. The van der Waals surface area contributed by atoms with Crippen LogP contribution in [0.15, 0.2) is 18.3 Å². The Morgan fingerprint density at radius 1 is 1.45 bits per heavy atom. The van der Waals surface area contributed by atoms with Gasteiger partial charge in [0.2, 0.25) is 5.91 Å². The number of nitrogens with one attached hydrogen (secondary N) is 2.